The maximum atomic E-state index is 3.52. The summed E-state index contributed by atoms with van der Waals surface area (Å²) in [5, 5.41) is 3.52. The SMILES string of the molecule is CC(C)C(C)N(C)Cc1cccc2c1NCC2.Cl. The van der Waals surface area contributed by atoms with Crippen LogP contribution in [0.3, 0.4) is 0 Å². The molecule has 1 aliphatic rings. The van der Waals surface area contributed by atoms with Gasteiger partial charge in [0.15, 0.2) is 0 Å². The van der Waals surface area contributed by atoms with Crippen molar-refractivity contribution in [2.75, 3.05) is 18.9 Å². The molecule has 1 unspecified atom stereocenters. The lowest BCUT2D eigenvalue weighted by Gasteiger charge is -2.28. The van der Waals surface area contributed by atoms with Gasteiger partial charge in [0.1, 0.15) is 0 Å². The number of para-hydroxylation sites is 1. The highest BCUT2D eigenvalue weighted by Gasteiger charge is 2.17. The molecular formula is C15H25ClN2. The van der Waals surface area contributed by atoms with Gasteiger partial charge in [-0.1, -0.05) is 32.0 Å². The van der Waals surface area contributed by atoms with Gasteiger partial charge in [0.05, 0.1) is 0 Å². The van der Waals surface area contributed by atoms with Gasteiger partial charge in [0.2, 0.25) is 0 Å². The van der Waals surface area contributed by atoms with Gasteiger partial charge in [-0.3, -0.25) is 4.90 Å². The summed E-state index contributed by atoms with van der Waals surface area (Å²) < 4.78 is 0. The van der Waals surface area contributed by atoms with Crippen LogP contribution in [0, 0.1) is 5.92 Å². The Balaban J connectivity index is 0.00000162. The Morgan fingerprint density at radius 2 is 2.00 bits per heavy atom. The minimum Gasteiger partial charge on any atom is -0.384 e. The highest BCUT2D eigenvalue weighted by molar-refractivity contribution is 5.85. The molecule has 102 valence electrons. The summed E-state index contributed by atoms with van der Waals surface area (Å²) in [6.07, 6.45) is 1.17. The van der Waals surface area contributed by atoms with Crippen LogP contribution in [0.25, 0.3) is 0 Å². The molecule has 0 saturated carbocycles. The van der Waals surface area contributed by atoms with Crippen LogP contribution in [0.2, 0.25) is 0 Å². The molecule has 1 N–H and O–H groups in total. The van der Waals surface area contributed by atoms with Crippen molar-refractivity contribution in [1.82, 2.24) is 4.90 Å². The average molecular weight is 269 g/mol. The summed E-state index contributed by atoms with van der Waals surface area (Å²) in [6, 6.07) is 7.30. The van der Waals surface area contributed by atoms with Crippen LogP contribution in [0.4, 0.5) is 5.69 Å². The monoisotopic (exact) mass is 268 g/mol. The largest absolute Gasteiger partial charge is 0.384 e. The number of nitrogens with one attached hydrogen (secondary N) is 1. The Labute approximate surface area is 117 Å². The van der Waals surface area contributed by atoms with E-state index in [1.165, 1.54) is 23.2 Å². The van der Waals surface area contributed by atoms with E-state index < -0.39 is 0 Å². The Bertz CT molecular complexity index is 390. The van der Waals surface area contributed by atoms with Gasteiger partial charge in [0.25, 0.3) is 0 Å². The van der Waals surface area contributed by atoms with Crippen LogP contribution in [0.5, 0.6) is 0 Å². The number of hydrogen-bond donors (Lipinski definition) is 1. The number of nitrogens with zero attached hydrogens (tertiary/aromatic N) is 1. The quantitative estimate of drug-likeness (QED) is 0.898. The fourth-order valence-corrected chi connectivity index (χ4v) is 2.46. The van der Waals surface area contributed by atoms with Crippen LogP contribution in [-0.4, -0.2) is 24.5 Å². The van der Waals surface area contributed by atoms with Gasteiger partial charge < -0.3 is 5.32 Å². The number of benzene rings is 1. The molecule has 0 bridgehead atoms. The predicted molar refractivity (Wildman–Crippen MR) is 81.7 cm³/mol. The zero-order chi connectivity index (χ0) is 12.4. The second-order valence-electron chi connectivity index (χ2n) is 5.53. The summed E-state index contributed by atoms with van der Waals surface area (Å²) >= 11 is 0. The van der Waals surface area contributed by atoms with Crippen molar-refractivity contribution in [3.05, 3.63) is 29.3 Å². The van der Waals surface area contributed by atoms with Crippen LogP contribution >= 0.6 is 12.4 Å². The fraction of sp³-hybridized carbons (Fsp3) is 0.600. The lowest BCUT2D eigenvalue weighted by atomic mass is 10.0. The number of anilines is 1. The summed E-state index contributed by atoms with van der Waals surface area (Å²) in [5.41, 5.74) is 4.30. The third-order valence-electron chi connectivity index (χ3n) is 4.01. The van der Waals surface area contributed by atoms with E-state index in [9.17, 15) is 0 Å². The van der Waals surface area contributed by atoms with Crippen LogP contribution in [-0.2, 0) is 13.0 Å². The van der Waals surface area contributed by atoms with Crippen LogP contribution in [0.1, 0.15) is 31.9 Å². The lowest BCUT2D eigenvalue weighted by Crippen LogP contribution is -2.32. The standard InChI is InChI=1S/C15H24N2.ClH/c1-11(2)12(3)17(4)10-14-7-5-6-13-8-9-16-15(13)14;/h5-7,11-12,16H,8-10H2,1-4H3;1H. The van der Waals surface area contributed by atoms with E-state index in [4.69, 9.17) is 0 Å². The van der Waals surface area contributed by atoms with Gasteiger partial charge in [-0.25, -0.2) is 0 Å². The van der Waals surface area contributed by atoms with E-state index >= 15 is 0 Å². The van der Waals surface area contributed by atoms with Crippen molar-refractivity contribution >= 4 is 18.1 Å². The second-order valence-corrected chi connectivity index (χ2v) is 5.53. The predicted octanol–water partition coefficient (Wildman–Crippen LogP) is 3.55. The first-order valence-electron chi connectivity index (χ1n) is 6.64. The molecule has 0 saturated heterocycles. The van der Waals surface area contributed by atoms with Crippen LogP contribution in [0.15, 0.2) is 18.2 Å². The smallest absolute Gasteiger partial charge is 0.0419 e. The van der Waals surface area contributed by atoms with E-state index in [2.05, 4.69) is 56.2 Å². The Kier molecular flexibility index (Phi) is 5.48. The first-order chi connectivity index (χ1) is 8.09. The van der Waals surface area contributed by atoms with Gasteiger partial charge in [-0.05, 0) is 37.4 Å². The van der Waals surface area contributed by atoms with Crippen molar-refractivity contribution in [2.24, 2.45) is 5.92 Å². The molecule has 2 rings (SSSR count). The minimum absolute atomic E-state index is 0. The molecule has 0 spiro atoms. The second kappa shape index (κ2) is 6.44. The third-order valence-corrected chi connectivity index (χ3v) is 4.01. The van der Waals surface area contributed by atoms with Crippen molar-refractivity contribution < 1.29 is 0 Å². The first-order valence-corrected chi connectivity index (χ1v) is 6.64. The summed E-state index contributed by atoms with van der Waals surface area (Å²) in [5.74, 6) is 0.699. The maximum absolute atomic E-state index is 3.52. The number of halogens is 1. The van der Waals surface area contributed by atoms with E-state index in [0.717, 1.165) is 13.1 Å². The van der Waals surface area contributed by atoms with E-state index in [-0.39, 0.29) is 12.4 Å². The van der Waals surface area contributed by atoms with Crippen molar-refractivity contribution in [3.63, 3.8) is 0 Å². The Hall–Kier alpha value is -0.730. The molecule has 0 amide bonds. The molecule has 1 heterocycles. The topological polar surface area (TPSA) is 15.3 Å². The van der Waals surface area contributed by atoms with Gasteiger partial charge in [-0.2, -0.15) is 0 Å². The van der Waals surface area contributed by atoms with Crippen molar-refractivity contribution in [3.8, 4) is 0 Å². The number of fused-ring (bicyclic) bond motifs is 1. The average Bonchev–Trinajstić information content (AvgIpc) is 2.76. The molecule has 0 aliphatic carbocycles. The molecule has 0 aromatic heterocycles. The highest BCUT2D eigenvalue weighted by Crippen LogP contribution is 2.27. The Morgan fingerprint density at radius 1 is 1.28 bits per heavy atom. The van der Waals surface area contributed by atoms with Gasteiger partial charge >= 0.3 is 0 Å². The maximum Gasteiger partial charge on any atom is 0.0419 e. The lowest BCUT2D eigenvalue weighted by molar-refractivity contribution is 0.201. The normalized spacial score (nSPS) is 15.2. The zero-order valence-corrected chi connectivity index (χ0v) is 12.7. The summed E-state index contributed by atoms with van der Waals surface area (Å²) in [6.45, 7) is 9.01. The first kappa shape index (κ1) is 15.3. The molecule has 2 nitrogen and oxygen atoms in total. The molecule has 1 aromatic rings. The van der Waals surface area contributed by atoms with E-state index in [1.54, 1.807) is 0 Å². The molecule has 3 heteroatoms. The molecule has 1 aliphatic heterocycles. The molecule has 1 aromatic carbocycles. The van der Waals surface area contributed by atoms with E-state index in [1.807, 2.05) is 0 Å². The number of rotatable bonds is 4. The molecule has 0 radical (unpaired) electrons. The summed E-state index contributed by atoms with van der Waals surface area (Å²) in [7, 11) is 2.22. The van der Waals surface area contributed by atoms with Gasteiger partial charge in [-0.15, -0.1) is 12.4 Å². The van der Waals surface area contributed by atoms with Crippen molar-refractivity contribution in [1.29, 1.82) is 0 Å². The Morgan fingerprint density at radius 3 is 2.67 bits per heavy atom. The number of hydrogen-bond acceptors (Lipinski definition) is 2. The molecule has 0 fully saturated rings. The van der Waals surface area contributed by atoms with Gasteiger partial charge in [0, 0.05) is 24.8 Å². The fourth-order valence-electron chi connectivity index (χ4n) is 2.46. The minimum atomic E-state index is 0. The zero-order valence-electron chi connectivity index (χ0n) is 11.9. The molecular weight excluding hydrogens is 244 g/mol. The highest BCUT2D eigenvalue weighted by atomic mass is 35.5. The van der Waals surface area contributed by atoms with Crippen LogP contribution < -0.4 is 5.32 Å². The molecule has 1 atom stereocenters. The van der Waals surface area contributed by atoms with Crippen molar-refractivity contribution in [2.45, 2.75) is 39.8 Å². The molecule has 18 heavy (non-hydrogen) atoms. The third kappa shape index (κ3) is 3.18. The summed E-state index contributed by atoms with van der Waals surface area (Å²) in [4.78, 5) is 2.44. The van der Waals surface area contributed by atoms with E-state index in [0.29, 0.717) is 12.0 Å².